The highest BCUT2D eigenvalue weighted by Crippen LogP contribution is 2.14. The van der Waals surface area contributed by atoms with Crippen LogP contribution in [0.25, 0.3) is 0 Å². The van der Waals surface area contributed by atoms with Gasteiger partial charge in [-0.15, -0.1) is 0 Å². The van der Waals surface area contributed by atoms with Gasteiger partial charge >= 0.3 is 0 Å². The summed E-state index contributed by atoms with van der Waals surface area (Å²) in [5.41, 5.74) is 0. The molecule has 0 radical (unpaired) electrons. The van der Waals surface area contributed by atoms with Crippen LogP contribution in [0.3, 0.4) is 0 Å². The van der Waals surface area contributed by atoms with Crippen molar-refractivity contribution in [1.29, 1.82) is 0 Å². The van der Waals surface area contributed by atoms with Gasteiger partial charge in [-0.3, -0.25) is 4.79 Å². The molecule has 0 aliphatic rings. The molecule has 0 aromatic rings. The van der Waals surface area contributed by atoms with Crippen molar-refractivity contribution in [2.24, 2.45) is 5.92 Å². The predicted molar refractivity (Wildman–Crippen MR) is 104 cm³/mol. The van der Waals surface area contributed by atoms with Crippen molar-refractivity contribution in [2.75, 3.05) is 6.61 Å². The van der Waals surface area contributed by atoms with Crippen LogP contribution in [-0.2, 0) is 4.79 Å². The Kier molecular flexibility index (Phi) is 16.8. The van der Waals surface area contributed by atoms with E-state index in [1.54, 1.807) is 0 Å². The smallest absolute Gasteiger partial charge is 0.220 e. The molecule has 0 aliphatic carbocycles. The summed E-state index contributed by atoms with van der Waals surface area (Å²) in [6, 6.07) is -0.0668. The summed E-state index contributed by atoms with van der Waals surface area (Å²) in [5, 5.41) is 11.9. The molecule has 1 amide bonds. The first-order valence-corrected chi connectivity index (χ1v) is 10.5. The van der Waals surface area contributed by atoms with E-state index in [-0.39, 0.29) is 18.6 Å². The third-order valence-electron chi connectivity index (χ3n) is 4.76. The number of aliphatic hydroxyl groups excluding tert-OH is 1. The third kappa shape index (κ3) is 16.3. The van der Waals surface area contributed by atoms with E-state index >= 15 is 0 Å². The summed E-state index contributed by atoms with van der Waals surface area (Å²) in [5.74, 6) is 0.951. The van der Waals surface area contributed by atoms with Gasteiger partial charge in [-0.25, -0.2) is 0 Å². The molecule has 3 nitrogen and oxygen atoms in total. The first-order valence-electron chi connectivity index (χ1n) is 10.5. The minimum atomic E-state index is -0.0668. The second kappa shape index (κ2) is 17.3. The van der Waals surface area contributed by atoms with Gasteiger partial charge in [-0.05, 0) is 18.8 Å². The second-order valence-corrected chi connectivity index (χ2v) is 7.68. The summed E-state index contributed by atoms with van der Waals surface area (Å²) < 4.78 is 0. The molecule has 0 saturated heterocycles. The first-order chi connectivity index (χ1) is 11.6. The highest BCUT2D eigenvalue weighted by atomic mass is 16.3. The summed E-state index contributed by atoms with van der Waals surface area (Å²) >= 11 is 0. The van der Waals surface area contributed by atoms with Crippen LogP contribution in [0.15, 0.2) is 0 Å². The monoisotopic (exact) mass is 341 g/mol. The van der Waals surface area contributed by atoms with Gasteiger partial charge in [0.25, 0.3) is 0 Å². The quantitative estimate of drug-likeness (QED) is 0.338. The van der Waals surface area contributed by atoms with Crippen LogP contribution in [0.1, 0.15) is 111 Å². The molecule has 144 valence electrons. The van der Waals surface area contributed by atoms with Crippen LogP contribution < -0.4 is 5.32 Å². The fraction of sp³-hybridized carbons (Fsp3) is 0.952. The van der Waals surface area contributed by atoms with Gasteiger partial charge in [0.1, 0.15) is 0 Å². The number of nitrogens with one attached hydrogen (secondary N) is 1. The highest BCUT2D eigenvalue weighted by molar-refractivity contribution is 5.76. The average molecular weight is 342 g/mol. The van der Waals surface area contributed by atoms with Gasteiger partial charge in [-0.1, -0.05) is 91.4 Å². The van der Waals surface area contributed by atoms with Gasteiger partial charge in [0.05, 0.1) is 12.6 Å². The molecule has 24 heavy (non-hydrogen) atoms. The highest BCUT2D eigenvalue weighted by Gasteiger charge is 2.08. The van der Waals surface area contributed by atoms with Crippen LogP contribution in [0.4, 0.5) is 0 Å². The molecule has 0 rings (SSSR count). The predicted octanol–water partition coefficient (Wildman–Crippen LogP) is 5.60. The van der Waals surface area contributed by atoms with Crippen LogP contribution >= 0.6 is 0 Å². The van der Waals surface area contributed by atoms with E-state index in [1.165, 1.54) is 64.2 Å². The van der Waals surface area contributed by atoms with Gasteiger partial charge in [-0.2, -0.15) is 0 Å². The zero-order chi connectivity index (χ0) is 18.0. The van der Waals surface area contributed by atoms with Crippen molar-refractivity contribution >= 4 is 5.91 Å². The van der Waals surface area contributed by atoms with E-state index in [9.17, 15) is 4.79 Å². The topological polar surface area (TPSA) is 49.3 Å². The zero-order valence-corrected chi connectivity index (χ0v) is 16.6. The van der Waals surface area contributed by atoms with Crippen LogP contribution in [0.5, 0.6) is 0 Å². The lowest BCUT2D eigenvalue weighted by Gasteiger charge is -2.13. The Bertz CT molecular complexity index is 275. The fourth-order valence-electron chi connectivity index (χ4n) is 3.01. The van der Waals surface area contributed by atoms with Gasteiger partial charge in [0, 0.05) is 6.42 Å². The van der Waals surface area contributed by atoms with Crippen LogP contribution in [0, 0.1) is 5.92 Å². The molecular weight excluding hydrogens is 298 g/mol. The molecular formula is C21H43NO2. The zero-order valence-electron chi connectivity index (χ0n) is 16.6. The van der Waals surface area contributed by atoms with Gasteiger partial charge < -0.3 is 10.4 Å². The van der Waals surface area contributed by atoms with Crippen molar-refractivity contribution in [3.63, 3.8) is 0 Å². The maximum atomic E-state index is 11.7. The number of hydrogen-bond acceptors (Lipinski definition) is 2. The molecule has 0 aliphatic heterocycles. The number of hydrogen-bond donors (Lipinski definition) is 2. The lowest BCUT2D eigenvalue weighted by atomic mass is 10.0. The maximum Gasteiger partial charge on any atom is 0.220 e. The third-order valence-corrected chi connectivity index (χ3v) is 4.76. The molecule has 2 N–H and O–H groups in total. The van der Waals surface area contributed by atoms with E-state index in [2.05, 4.69) is 19.2 Å². The standard InChI is InChI=1S/C21H43NO2/c1-4-20(18-23)22-21(24)17-15-13-11-9-7-5-6-8-10-12-14-16-19(2)3/h19-20,23H,4-18H2,1-3H3,(H,22,24). The molecule has 0 heterocycles. The van der Waals surface area contributed by atoms with Crippen molar-refractivity contribution < 1.29 is 9.90 Å². The van der Waals surface area contributed by atoms with Crippen molar-refractivity contribution in [1.82, 2.24) is 5.32 Å². The maximum absolute atomic E-state index is 11.7. The summed E-state index contributed by atoms with van der Waals surface area (Å²) in [6.45, 7) is 6.64. The van der Waals surface area contributed by atoms with Crippen molar-refractivity contribution in [3.8, 4) is 0 Å². The number of carbonyl (C=O) groups is 1. The minimum Gasteiger partial charge on any atom is -0.394 e. The molecule has 0 bridgehead atoms. The molecule has 0 aromatic heterocycles. The van der Waals surface area contributed by atoms with Crippen molar-refractivity contribution in [3.05, 3.63) is 0 Å². The fourth-order valence-corrected chi connectivity index (χ4v) is 3.01. The largest absolute Gasteiger partial charge is 0.394 e. The number of carbonyl (C=O) groups excluding carboxylic acids is 1. The summed E-state index contributed by atoms with van der Waals surface area (Å²) in [6.07, 6.45) is 17.2. The Hall–Kier alpha value is -0.570. The number of aliphatic hydroxyl groups is 1. The van der Waals surface area contributed by atoms with Crippen LogP contribution in [0.2, 0.25) is 0 Å². The van der Waals surface area contributed by atoms with E-state index in [4.69, 9.17) is 5.11 Å². The van der Waals surface area contributed by atoms with E-state index in [0.717, 1.165) is 25.2 Å². The summed E-state index contributed by atoms with van der Waals surface area (Å²) in [7, 11) is 0. The SMILES string of the molecule is CCC(CO)NC(=O)CCCCCCCCCCCCCC(C)C. The Morgan fingerprint density at radius 3 is 1.71 bits per heavy atom. The molecule has 0 spiro atoms. The second-order valence-electron chi connectivity index (χ2n) is 7.68. The lowest BCUT2D eigenvalue weighted by molar-refractivity contribution is -0.122. The van der Waals surface area contributed by atoms with Crippen molar-refractivity contribution in [2.45, 2.75) is 117 Å². The molecule has 1 unspecified atom stereocenters. The Balaban J connectivity index is 3.21. The number of unbranched alkanes of at least 4 members (excludes halogenated alkanes) is 10. The van der Waals surface area contributed by atoms with Gasteiger partial charge in [0.15, 0.2) is 0 Å². The Morgan fingerprint density at radius 1 is 0.833 bits per heavy atom. The van der Waals surface area contributed by atoms with E-state index < -0.39 is 0 Å². The molecule has 3 heteroatoms. The first kappa shape index (κ1) is 23.4. The lowest BCUT2D eigenvalue weighted by Crippen LogP contribution is -2.36. The Labute approximate surface area is 151 Å². The average Bonchev–Trinajstić information content (AvgIpc) is 2.56. The number of rotatable bonds is 17. The number of amides is 1. The molecule has 1 atom stereocenters. The summed E-state index contributed by atoms with van der Waals surface area (Å²) in [4.78, 5) is 11.7. The van der Waals surface area contributed by atoms with E-state index in [0.29, 0.717) is 6.42 Å². The minimum absolute atomic E-state index is 0.0416. The molecule has 0 saturated carbocycles. The normalized spacial score (nSPS) is 12.5. The van der Waals surface area contributed by atoms with E-state index in [1.807, 2.05) is 6.92 Å². The Morgan fingerprint density at radius 2 is 1.29 bits per heavy atom. The molecule has 0 aromatic carbocycles. The van der Waals surface area contributed by atoms with Crippen LogP contribution in [-0.4, -0.2) is 23.7 Å². The molecule has 0 fully saturated rings. The van der Waals surface area contributed by atoms with Gasteiger partial charge in [0.2, 0.25) is 5.91 Å².